The maximum atomic E-state index is 12.8. The first-order valence-electron chi connectivity index (χ1n) is 11.1. The molecule has 7 heteroatoms. The third-order valence-electron chi connectivity index (χ3n) is 6.77. The zero-order valence-electron chi connectivity index (χ0n) is 17.7. The second-order valence-electron chi connectivity index (χ2n) is 8.82. The van der Waals surface area contributed by atoms with Gasteiger partial charge in [-0.05, 0) is 54.0 Å². The van der Waals surface area contributed by atoms with Crippen LogP contribution in [0.5, 0.6) is 0 Å². The molecule has 2 unspecified atom stereocenters. The van der Waals surface area contributed by atoms with Crippen LogP contribution in [0, 0.1) is 5.92 Å². The zero-order chi connectivity index (χ0) is 22.2. The lowest BCUT2D eigenvalue weighted by molar-refractivity contribution is -0.137. The fourth-order valence-electron chi connectivity index (χ4n) is 4.99. The summed E-state index contributed by atoms with van der Waals surface area (Å²) in [7, 11) is 0. The lowest BCUT2D eigenvalue weighted by Gasteiger charge is -2.29. The van der Waals surface area contributed by atoms with Crippen LogP contribution in [0.4, 0.5) is 0 Å². The molecule has 0 aromatic heterocycles. The second kappa shape index (κ2) is 8.22. The number of amides is 4. The van der Waals surface area contributed by atoms with Gasteiger partial charge in [0.1, 0.15) is 6.04 Å². The highest BCUT2D eigenvalue weighted by molar-refractivity contribution is 6.05. The first-order valence-corrected chi connectivity index (χ1v) is 11.1. The van der Waals surface area contributed by atoms with Gasteiger partial charge in [0.15, 0.2) is 0 Å². The van der Waals surface area contributed by atoms with Crippen LogP contribution in [0.25, 0.3) is 0 Å². The van der Waals surface area contributed by atoms with Crippen LogP contribution in [-0.2, 0) is 40.3 Å². The Kier molecular flexibility index (Phi) is 5.25. The van der Waals surface area contributed by atoms with E-state index in [4.69, 9.17) is 0 Å². The smallest absolute Gasteiger partial charge is 0.255 e. The number of benzene rings is 2. The van der Waals surface area contributed by atoms with E-state index in [1.807, 2.05) is 24.3 Å². The molecule has 1 aliphatic carbocycles. The zero-order valence-corrected chi connectivity index (χ0v) is 17.7. The Morgan fingerprint density at radius 3 is 2.62 bits per heavy atom. The number of hydrogen-bond acceptors (Lipinski definition) is 4. The first kappa shape index (κ1) is 20.4. The van der Waals surface area contributed by atoms with Crippen LogP contribution in [0.15, 0.2) is 42.5 Å². The summed E-state index contributed by atoms with van der Waals surface area (Å²) >= 11 is 0. The normalized spacial score (nSPS) is 22.2. The van der Waals surface area contributed by atoms with Crippen molar-refractivity contribution >= 4 is 23.6 Å². The number of fused-ring (bicyclic) bond motifs is 2. The molecule has 0 radical (unpaired) electrons. The van der Waals surface area contributed by atoms with E-state index < -0.39 is 11.9 Å². The van der Waals surface area contributed by atoms with E-state index in [0.717, 1.165) is 30.4 Å². The molecule has 2 aromatic carbocycles. The highest BCUT2D eigenvalue weighted by Crippen LogP contribution is 2.29. The topological polar surface area (TPSA) is 95.6 Å². The van der Waals surface area contributed by atoms with Crippen molar-refractivity contribution in [2.24, 2.45) is 5.92 Å². The number of aryl methyl sites for hydroxylation is 1. The first-order chi connectivity index (χ1) is 15.5. The molecule has 32 heavy (non-hydrogen) atoms. The summed E-state index contributed by atoms with van der Waals surface area (Å²) in [6, 6.07) is 13.2. The molecule has 2 heterocycles. The summed E-state index contributed by atoms with van der Waals surface area (Å²) in [4.78, 5) is 50.7. The fourth-order valence-corrected chi connectivity index (χ4v) is 4.99. The molecule has 2 atom stereocenters. The van der Waals surface area contributed by atoms with E-state index in [2.05, 4.69) is 22.8 Å². The predicted octanol–water partition coefficient (Wildman–Crippen LogP) is 1.87. The molecule has 2 aromatic rings. The molecule has 1 saturated heterocycles. The van der Waals surface area contributed by atoms with Gasteiger partial charge in [-0.25, -0.2) is 0 Å². The lowest BCUT2D eigenvalue weighted by Crippen LogP contribution is -2.52. The Morgan fingerprint density at radius 1 is 1.00 bits per heavy atom. The Balaban J connectivity index is 1.22. The number of rotatable bonds is 4. The van der Waals surface area contributed by atoms with Crippen LogP contribution in [0.2, 0.25) is 0 Å². The SMILES string of the molecule is O=C1CCC(N2Cc3cc(CNC(=O)C4CCc5ccccc5C4)ccc3C2=O)C(=O)N1. The summed E-state index contributed by atoms with van der Waals surface area (Å²) in [5, 5.41) is 5.37. The van der Waals surface area contributed by atoms with Gasteiger partial charge in [-0.1, -0.05) is 36.4 Å². The number of carbonyl (C=O) groups excluding carboxylic acids is 4. The molecule has 164 valence electrons. The molecule has 0 bridgehead atoms. The highest BCUT2D eigenvalue weighted by Gasteiger charge is 2.39. The molecule has 3 aliphatic rings. The third-order valence-corrected chi connectivity index (χ3v) is 6.77. The summed E-state index contributed by atoms with van der Waals surface area (Å²) in [6.45, 7) is 0.735. The summed E-state index contributed by atoms with van der Waals surface area (Å²) in [6.07, 6.45) is 3.12. The lowest BCUT2D eigenvalue weighted by atomic mass is 9.83. The van der Waals surface area contributed by atoms with Crippen molar-refractivity contribution in [3.63, 3.8) is 0 Å². The largest absolute Gasteiger partial charge is 0.352 e. The Morgan fingerprint density at radius 2 is 1.81 bits per heavy atom. The van der Waals surface area contributed by atoms with E-state index in [1.54, 1.807) is 6.07 Å². The van der Waals surface area contributed by atoms with Gasteiger partial charge in [0, 0.05) is 31.0 Å². The molecule has 2 aliphatic heterocycles. The number of imide groups is 1. The van der Waals surface area contributed by atoms with Gasteiger partial charge >= 0.3 is 0 Å². The monoisotopic (exact) mass is 431 g/mol. The summed E-state index contributed by atoms with van der Waals surface area (Å²) in [5.74, 6) is -0.866. The molecule has 2 N–H and O–H groups in total. The number of nitrogens with zero attached hydrogens (tertiary/aromatic N) is 1. The van der Waals surface area contributed by atoms with Gasteiger partial charge in [-0.3, -0.25) is 24.5 Å². The quantitative estimate of drug-likeness (QED) is 0.723. The number of carbonyl (C=O) groups is 4. The Labute approximate surface area is 186 Å². The number of piperidine rings is 1. The van der Waals surface area contributed by atoms with E-state index in [-0.39, 0.29) is 30.1 Å². The molecule has 0 saturated carbocycles. The minimum Gasteiger partial charge on any atom is -0.352 e. The van der Waals surface area contributed by atoms with E-state index in [1.165, 1.54) is 16.0 Å². The fraction of sp³-hybridized carbons (Fsp3) is 0.360. The van der Waals surface area contributed by atoms with Crippen molar-refractivity contribution in [1.29, 1.82) is 0 Å². The van der Waals surface area contributed by atoms with Gasteiger partial charge in [0.25, 0.3) is 5.91 Å². The molecule has 7 nitrogen and oxygen atoms in total. The average Bonchev–Trinajstić information content (AvgIpc) is 3.12. The number of nitrogens with one attached hydrogen (secondary N) is 2. The van der Waals surface area contributed by atoms with Crippen LogP contribution in [0.3, 0.4) is 0 Å². The molecule has 4 amide bonds. The minimum atomic E-state index is -0.620. The predicted molar refractivity (Wildman–Crippen MR) is 116 cm³/mol. The van der Waals surface area contributed by atoms with E-state index >= 15 is 0 Å². The maximum Gasteiger partial charge on any atom is 0.255 e. The molecular weight excluding hydrogens is 406 g/mol. The summed E-state index contributed by atoms with van der Waals surface area (Å²) in [5.41, 5.74) is 4.93. The van der Waals surface area contributed by atoms with E-state index in [9.17, 15) is 19.2 Å². The Bertz CT molecular complexity index is 1130. The Hall–Kier alpha value is -3.48. The van der Waals surface area contributed by atoms with Crippen molar-refractivity contribution in [1.82, 2.24) is 15.5 Å². The van der Waals surface area contributed by atoms with E-state index in [0.29, 0.717) is 25.1 Å². The van der Waals surface area contributed by atoms with Gasteiger partial charge in [0.05, 0.1) is 0 Å². The number of hydrogen-bond donors (Lipinski definition) is 2. The molecule has 5 rings (SSSR count). The van der Waals surface area contributed by atoms with Gasteiger partial charge in [0.2, 0.25) is 17.7 Å². The van der Waals surface area contributed by atoms with Crippen LogP contribution in [0.1, 0.15) is 51.9 Å². The average molecular weight is 431 g/mol. The van der Waals surface area contributed by atoms with Crippen LogP contribution in [-0.4, -0.2) is 34.6 Å². The standard InChI is InChI=1S/C25H25N3O4/c29-22-10-9-21(24(31)27-22)28-14-19-11-15(5-8-20(19)25(28)32)13-26-23(30)18-7-6-16-3-1-2-4-17(16)12-18/h1-5,8,11,18,21H,6-7,9-10,12-14H2,(H,26,30)(H,27,29,31). The van der Waals surface area contributed by atoms with Crippen molar-refractivity contribution < 1.29 is 19.2 Å². The summed E-state index contributed by atoms with van der Waals surface area (Å²) < 4.78 is 0. The molecule has 1 fully saturated rings. The van der Waals surface area contributed by atoms with Crippen molar-refractivity contribution in [3.05, 3.63) is 70.3 Å². The minimum absolute atomic E-state index is 0.0241. The van der Waals surface area contributed by atoms with Crippen LogP contribution < -0.4 is 10.6 Å². The second-order valence-corrected chi connectivity index (χ2v) is 8.82. The molecule has 0 spiro atoms. The van der Waals surface area contributed by atoms with Gasteiger partial charge < -0.3 is 10.2 Å². The van der Waals surface area contributed by atoms with Crippen LogP contribution >= 0.6 is 0 Å². The van der Waals surface area contributed by atoms with Gasteiger partial charge in [-0.15, -0.1) is 0 Å². The highest BCUT2D eigenvalue weighted by atomic mass is 16.2. The maximum absolute atomic E-state index is 12.8. The van der Waals surface area contributed by atoms with Crippen molar-refractivity contribution in [3.8, 4) is 0 Å². The van der Waals surface area contributed by atoms with Gasteiger partial charge in [-0.2, -0.15) is 0 Å². The van der Waals surface area contributed by atoms with Crippen molar-refractivity contribution in [2.75, 3.05) is 0 Å². The third kappa shape index (κ3) is 3.79. The van der Waals surface area contributed by atoms with Crippen molar-refractivity contribution in [2.45, 2.75) is 51.2 Å². The molecular formula is C25H25N3O4.